The average Bonchev–Trinajstić information content (AvgIpc) is 2.84. The highest BCUT2D eigenvalue weighted by Gasteiger charge is 2.19. The summed E-state index contributed by atoms with van der Waals surface area (Å²) in [7, 11) is 0. The van der Waals surface area contributed by atoms with E-state index in [2.05, 4.69) is 21.2 Å². The van der Waals surface area contributed by atoms with Crippen molar-refractivity contribution in [3.8, 4) is 0 Å². The molecule has 102 valence electrons. The van der Waals surface area contributed by atoms with Crippen LogP contribution in [0.3, 0.4) is 0 Å². The van der Waals surface area contributed by atoms with Gasteiger partial charge < -0.3 is 10.4 Å². The van der Waals surface area contributed by atoms with Crippen molar-refractivity contribution in [3.63, 3.8) is 0 Å². The van der Waals surface area contributed by atoms with Crippen molar-refractivity contribution in [2.45, 2.75) is 32.1 Å². The molecule has 1 aromatic carbocycles. The molecule has 0 aromatic heterocycles. The minimum atomic E-state index is -0.982. The Morgan fingerprint density at radius 3 is 2.58 bits per heavy atom. The van der Waals surface area contributed by atoms with E-state index in [9.17, 15) is 9.59 Å². The van der Waals surface area contributed by atoms with Crippen molar-refractivity contribution in [1.82, 2.24) is 0 Å². The van der Waals surface area contributed by atoms with Crippen molar-refractivity contribution < 1.29 is 14.7 Å². The van der Waals surface area contributed by atoms with Crippen LogP contribution in [0.15, 0.2) is 22.7 Å². The first-order valence-electron chi connectivity index (χ1n) is 6.39. The van der Waals surface area contributed by atoms with E-state index < -0.39 is 5.97 Å². The summed E-state index contributed by atoms with van der Waals surface area (Å²) in [6.45, 7) is 0. The van der Waals surface area contributed by atoms with Gasteiger partial charge in [0.1, 0.15) is 0 Å². The standard InChI is InChI=1S/C14H16BrNO3/c15-11-8-10(14(18)19)5-6-12(11)16-13(17)7-9-3-1-2-4-9/h5-6,8-9H,1-4,7H2,(H,16,17)(H,18,19). The number of nitrogens with one attached hydrogen (secondary N) is 1. The number of carboxylic acids is 1. The van der Waals surface area contributed by atoms with Gasteiger partial charge in [-0.3, -0.25) is 4.79 Å². The average molecular weight is 326 g/mol. The highest BCUT2D eigenvalue weighted by Crippen LogP contribution is 2.29. The lowest BCUT2D eigenvalue weighted by atomic mass is 10.0. The molecule has 1 saturated carbocycles. The van der Waals surface area contributed by atoms with Gasteiger partial charge in [0.05, 0.1) is 11.3 Å². The summed E-state index contributed by atoms with van der Waals surface area (Å²) in [5.74, 6) is -0.489. The minimum Gasteiger partial charge on any atom is -0.478 e. The number of anilines is 1. The zero-order chi connectivity index (χ0) is 13.8. The van der Waals surface area contributed by atoms with Gasteiger partial charge in [0, 0.05) is 10.9 Å². The largest absolute Gasteiger partial charge is 0.478 e. The van der Waals surface area contributed by atoms with Crippen LogP contribution in [0, 0.1) is 5.92 Å². The van der Waals surface area contributed by atoms with Gasteiger partial charge in [-0.2, -0.15) is 0 Å². The van der Waals surface area contributed by atoms with Crippen molar-refractivity contribution in [3.05, 3.63) is 28.2 Å². The summed E-state index contributed by atoms with van der Waals surface area (Å²) in [6.07, 6.45) is 5.25. The van der Waals surface area contributed by atoms with Crippen LogP contribution in [0.2, 0.25) is 0 Å². The summed E-state index contributed by atoms with van der Waals surface area (Å²) < 4.78 is 0.590. The molecule has 0 atom stereocenters. The first kappa shape index (κ1) is 14.1. The summed E-state index contributed by atoms with van der Waals surface area (Å²) in [6, 6.07) is 4.59. The summed E-state index contributed by atoms with van der Waals surface area (Å²) in [4.78, 5) is 22.7. The second-order valence-corrected chi connectivity index (χ2v) is 5.76. The number of carbonyl (C=O) groups excluding carboxylic acids is 1. The Labute approximate surface area is 120 Å². The summed E-state index contributed by atoms with van der Waals surface area (Å²) in [5.41, 5.74) is 0.814. The van der Waals surface area contributed by atoms with Crippen LogP contribution in [0.1, 0.15) is 42.5 Å². The van der Waals surface area contributed by atoms with E-state index in [-0.39, 0.29) is 11.5 Å². The highest BCUT2D eigenvalue weighted by atomic mass is 79.9. The molecule has 0 unspecified atom stereocenters. The Bertz CT molecular complexity index is 495. The topological polar surface area (TPSA) is 66.4 Å². The molecule has 0 spiro atoms. The molecule has 1 aliphatic rings. The van der Waals surface area contributed by atoms with Crippen LogP contribution in [-0.4, -0.2) is 17.0 Å². The molecule has 0 aliphatic heterocycles. The molecule has 1 fully saturated rings. The maximum atomic E-state index is 11.9. The molecule has 5 heteroatoms. The molecule has 0 radical (unpaired) electrons. The number of carbonyl (C=O) groups is 2. The number of rotatable bonds is 4. The third-order valence-corrected chi connectivity index (χ3v) is 4.10. The smallest absolute Gasteiger partial charge is 0.335 e. The molecule has 4 nitrogen and oxygen atoms in total. The fourth-order valence-corrected chi connectivity index (χ4v) is 2.91. The van der Waals surface area contributed by atoms with Crippen LogP contribution in [-0.2, 0) is 4.79 Å². The van der Waals surface area contributed by atoms with Crippen LogP contribution >= 0.6 is 15.9 Å². The number of hydrogen-bond acceptors (Lipinski definition) is 2. The fraction of sp³-hybridized carbons (Fsp3) is 0.429. The number of aromatic carboxylic acids is 1. The SMILES string of the molecule is O=C(CC1CCCC1)Nc1ccc(C(=O)O)cc1Br. The van der Waals surface area contributed by atoms with Gasteiger partial charge in [0.15, 0.2) is 0 Å². The molecule has 1 aliphatic carbocycles. The first-order valence-corrected chi connectivity index (χ1v) is 7.18. The van der Waals surface area contributed by atoms with E-state index >= 15 is 0 Å². The Hall–Kier alpha value is -1.36. The van der Waals surface area contributed by atoms with E-state index in [4.69, 9.17) is 5.11 Å². The van der Waals surface area contributed by atoms with Crippen LogP contribution < -0.4 is 5.32 Å². The second-order valence-electron chi connectivity index (χ2n) is 4.90. The molecule has 2 N–H and O–H groups in total. The Kier molecular flexibility index (Phi) is 4.58. The predicted octanol–water partition coefficient (Wildman–Crippen LogP) is 3.67. The van der Waals surface area contributed by atoms with Gasteiger partial charge in [0.2, 0.25) is 5.91 Å². The lowest BCUT2D eigenvalue weighted by molar-refractivity contribution is -0.117. The number of halogens is 1. The van der Waals surface area contributed by atoms with Crippen LogP contribution in [0.25, 0.3) is 0 Å². The van der Waals surface area contributed by atoms with E-state index in [1.165, 1.54) is 25.0 Å². The summed E-state index contributed by atoms with van der Waals surface area (Å²) in [5, 5.41) is 11.7. The van der Waals surface area contributed by atoms with Crippen molar-refractivity contribution >= 4 is 33.5 Å². The van der Waals surface area contributed by atoms with Crippen LogP contribution in [0.4, 0.5) is 5.69 Å². The molecule has 0 saturated heterocycles. The molecule has 0 bridgehead atoms. The number of hydrogen-bond donors (Lipinski definition) is 2. The molecule has 19 heavy (non-hydrogen) atoms. The maximum Gasteiger partial charge on any atom is 0.335 e. The molecular weight excluding hydrogens is 310 g/mol. The van der Waals surface area contributed by atoms with Crippen molar-refractivity contribution in [2.24, 2.45) is 5.92 Å². The van der Waals surface area contributed by atoms with Gasteiger partial charge in [-0.05, 0) is 52.9 Å². The van der Waals surface area contributed by atoms with Gasteiger partial charge in [0.25, 0.3) is 0 Å². The Morgan fingerprint density at radius 1 is 1.32 bits per heavy atom. The molecule has 1 aromatic rings. The molecule has 0 heterocycles. The van der Waals surface area contributed by atoms with Gasteiger partial charge in [-0.15, -0.1) is 0 Å². The predicted molar refractivity (Wildman–Crippen MR) is 76.3 cm³/mol. The second kappa shape index (κ2) is 6.19. The molecule has 2 rings (SSSR count). The van der Waals surface area contributed by atoms with Crippen molar-refractivity contribution in [2.75, 3.05) is 5.32 Å². The van der Waals surface area contributed by atoms with Crippen LogP contribution in [0.5, 0.6) is 0 Å². The fourth-order valence-electron chi connectivity index (χ4n) is 2.43. The number of carboxylic acid groups (broad SMARTS) is 1. The van der Waals surface area contributed by atoms with E-state index in [0.29, 0.717) is 22.5 Å². The third-order valence-electron chi connectivity index (χ3n) is 3.44. The van der Waals surface area contributed by atoms with Gasteiger partial charge in [-0.1, -0.05) is 12.8 Å². The van der Waals surface area contributed by atoms with E-state index in [1.54, 1.807) is 6.07 Å². The zero-order valence-electron chi connectivity index (χ0n) is 10.5. The normalized spacial score (nSPS) is 15.4. The zero-order valence-corrected chi connectivity index (χ0v) is 12.1. The van der Waals surface area contributed by atoms with E-state index in [1.807, 2.05) is 0 Å². The first-order chi connectivity index (χ1) is 9.06. The Morgan fingerprint density at radius 2 is 2.00 bits per heavy atom. The Balaban J connectivity index is 1.98. The van der Waals surface area contributed by atoms with Gasteiger partial charge >= 0.3 is 5.97 Å². The monoisotopic (exact) mass is 325 g/mol. The minimum absolute atomic E-state index is 0.00400. The van der Waals surface area contributed by atoms with Crippen molar-refractivity contribution in [1.29, 1.82) is 0 Å². The number of amides is 1. The third kappa shape index (κ3) is 3.80. The lowest BCUT2D eigenvalue weighted by Crippen LogP contribution is -2.15. The quantitative estimate of drug-likeness (QED) is 0.887. The molecule has 1 amide bonds. The highest BCUT2D eigenvalue weighted by molar-refractivity contribution is 9.10. The van der Waals surface area contributed by atoms with E-state index in [0.717, 1.165) is 12.8 Å². The number of benzene rings is 1. The lowest BCUT2D eigenvalue weighted by Gasteiger charge is -2.11. The summed E-state index contributed by atoms with van der Waals surface area (Å²) >= 11 is 3.28. The van der Waals surface area contributed by atoms with Gasteiger partial charge in [-0.25, -0.2) is 4.79 Å². The maximum absolute atomic E-state index is 11.9. The molecular formula is C14H16BrNO3.